The van der Waals surface area contributed by atoms with Crippen molar-refractivity contribution in [3.05, 3.63) is 30.3 Å². The van der Waals surface area contributed by atoms with E-state index in [2.05, 4.69) is 5.09 Å². The number of nitrogens with one attached hydrogen (secondary N) is 1. The summed E-state index contributed by atoms with van der Waals surface area (Å²) in [6.07, 6.45) is 0. The van der Waals surface area contributed by atoms with Crippen LogP contribution in [0.4, 0.5) is 0 Å². The molecule has 20 heavy (non-hydrogen) atoms. The number of para-hydroxylation sites is 1. The number of carbonyl (C=O) groups excluding carboxylic acids is 1. The second-order valence-corrected chi connectivity index (χ2v) is 7.22. The number of ketones is 1. The van der Waals surface area contributed by atoms with E-state index < -0.39 is 13.6 Å². The lowest BCUT2D eigenvalue weighted by molar-refractivity contribution is -0.118. The summed E-state index contributed by atoms with van der Waals surface area (Å²) >= 11 is 0. The van der Waals surface area contributed by atoms with Crippen LogP contribution < -0.4 is 9.61 Å². The molecule has 0 aliphatic rings. The van der Waals surface area contributed by atoms with Gasteiger partial charge in [-0.2, -0.15) is 0 Å². The first-order valence-corrected chi connectivity index (χ1v) is 8.67. The molecule has 0 heterocycles. The Morgan fingerprint density at radius 2 is 1.65 bits per heavy atom. The highest BCUT2D eigenvalue weighted by molar-refractivity contribution is 7.58. The van der Waals surface area contributed by atoms with E-state index >= 15 is 0 Å². The largest absolute Gasteiger partial charge is 0.432 e. The standard InChI is InChI=1S/C13H20NO3P.C2H6/c1-10(2)18(16,14-11(3)12(4)15)17-13-8-6-5-7-9-13;1-2/h5-11H,1-4H3,(H,14,16);1-2H3. The molecular weight excluding hydrogens is 273 g/mol. The molecule has 2 unspecified atom stereocenters. The van der Waals surface area contributed by atoms with Crippen molar-refractivity contribution in [2.75, 3.05) is 0 Å². The molecule has 1 N–H and O–H groups in total. The summed E-state index contributed by atoms with van der Waals surface area (Å²) in [5, 5.41) is 2.82. The zero-order valence-corrected chi connectivity index (χ0v) is 14.1. The maximum atomic E-state index is 12.7. The van der Waals surface area contributed by atoms with Crippen molar-refractivity contribution in [1.29, 1.82) is 0 Å². The summed E-state index contributed by atoms with van der Waals surface area (Å²) in [5.74, 6) is 0.477. The average molecular weight is 299 g/mol. The van der Waals surface area contributed by atoms with Crippen LogP contribution in [-0.2, 0) is 9.36 Å². The minimum absolute atomic E-state index is 0.0625. The van der Waals surface area contributed by atoms with Gasteiger partial charge in [0.05, 0.1) is 11.7 Å². The van der Waals surface area contributed by atoms with Crippen LogP contribution in [0, 0.1) is 0 Å². The Morgan fingerprint density at radius 1 is 1.15 bits per heavy atom. The van der Waals surface area contributed by atoms with Crippen molar-refractivity contribution in [1.82, 2.24) is 5.09 Å². The number of rotatable bonds is 6. The molecular formula is C15H26NO3P. The molecule has 0 spiro atoms. The molecule has 0 radical (unpaired) electrons. The summed E-state index contributed by atoms with van der Waals surface area (Å²) in [7, 11) is -3.09. The fourth-order valence-corrected chi connectivity index (χ4v) is 3.00. The molecule has 5 heteroatoms. The fourth-order valence-electron chi connectivity index (χ4n) is 1.28. The van der Waals surface area contributed by atoms with Gasteiger partial charge < -0.3 is 4.52 Å². The Balaban J connectivity index is 0.00000172. The Bertz CT molecular complexity index is 446. The van der Waals surface area contributed by atoms with Crippen LogP contribution >= 0.6 is 7.52 Å². The van der Waals surface area contributed by atoms with Crippen LogP contribution in [0.2, 0.25) is 0 Å². The minimum Gasteiger partial charge on any atom is -0.432 e. The third kappa shape index (κ3) is 5.89. The van der Waals surface area contributed by atoms with Crippen molar-refractivity contribution >= 4 is 13.3 Å². The zero-order valence-electron chi connectivity index (χ0n) is 13.2. The maximum Gasteiger partial charge on any atom is 0.319 e. The second-order valence-electron chi connectivity index (χ2n) is 4.56. The van der Waals surface area contributed by atoms with E-state index in [0.717, 1.165) is 0 Å². The van der Waals surface area contributed by atoms with Gasteiger partial charge in [-0.1, -0.05) is 45.9 Å². The molecule has 4 nitrogen and oxygen atoms in total. The van der Waals surface area contributed by atoms with E-state index in [9.17, 15) is 9.36 Å². The van der Waals surface area contributed by atoms with E-state index in [-0.39, 0.29) is 11.4 Å². The molecule has 0 amide bonds. The first-order chi connectivity index (χ1) is 9.35. The second kappa shape index (κ2) is 8.93. The van der Waals surface area contributed by atoms with Gasteiger partial charge >= 0.3 is 7.52 Å². The van der Waals surface area contributed by atoms with Crippen molar-refractivity contribution in [2.45, 2.75) is 53.2 Å². The lowest BCUT2D eigenvalue weighted by atomic mass is 10.3. The first-order valence-electron chi connectivity index (χ1n) is 6.98. The van der Waals surface area contributed by atoms with Crippen LogP contribution in [0.15, 0.2) is 30.3 Å². The van der Waals surface area contributed by atoms with Crippen molar-refractivity contribution in [2.24, 2.45) is 0 Å². The zero-order chi connectivity index (χ0) is 15.8. The topological polar surface area (TPSA) is 55.4 Å². The molecule has 0 saturated carbocycles. The van der Waals surface area contributed by atoms with E-state index in [1.54, 1.807) is 19.1 Å². The lowest BCUT2D eigenvalue weighted by Crippen LogP contribution is -2.33. The van der Waals surface area contributed by atoms with Gasteiger partial charge in [-0.3, -0.25) is 9.36 Å². The van der Waals surface area contributed by atoms with E-state index in [1.807, 2.05) is 45.9 Å². The van der Waals surface area contributed by atoms with Crippen molar-refractivity contribution < 1.29 is 13.9 Å². The fraction of sp³-hybridized carbons (Fsp3) is 0.533. The molecule has 0 saturated heterocycles. The third-order valence-corrected chi connectivity index (χ3v) is 5.24. The molecule has 1 rings (SSSR count). The summed E-state index contributed by atoms with van der Waals surface area (Å²) in [4.78, 5) is 11.3. The number of hydrogen-bond acceptors (Lipinski definition) is 3. The Kier molecular flexibility index (Phi) is 8.43. The van der Waals surface area contributed by atoms with Gasteiger partial charge in [-0.25, -0.2) is 5.09 Å². The molecule has 1 aromatic carbocycles. The number of hydrogen-bond donors (Lipinski definition) is 1. The number of carbonyl (C=O) groups is 1. The average Bonchev–Trinajstić information content (AvgIpc) is 2.41. The SMILES string of the molecule is CC.CC(=O)C(C)NP(=O)(Oc1ccccc1)C(C)C. The normalized spacial score (nSPS) is 14.8. The van der Waals surface area contributed by atoms with Crippen LogP contribution in [0.25, 0.3) is 0 Å². The van der Waals surface area contributed by atoms with E-state index in [4.69, 9.17) is 4.52 Å². The molecule has 114 valence electrons. The van der Waals surface area contributed by atoms with E-state index in [0.29, 0.717) is 5.75 Å². The molecule has 0 bridgehead atoms. The molecule has 0 aromatic heterocycles. The monoisotopic (exact) mass is 299 g/mol. The summed E-state index contributed by atoms with van der Waals surface area (Å²) in [6, 6.07) is 8.49. The molecule has 0 aliphatic heterocycles. The quantitative estimate of drug-likeness (QED) is 0.797. The van der Waals surface area contributed by atoms with E-state index in [1.165, 1.54) is 6.92 Å². The Morgan fingerprint density at radius 3 is 2.05 bits per heavy atom. The third-order valence-electron chi connectivity index (χ3n) is 2.65. The van der Waals surface area contributed by atoms with Gasteiger partial charge in [-0.05, 0) is 26.0 Å². The van der Waals surface area contributed by atoms with Crippen molar-refractivity contribution in [3.63, 3.8) is 0 Å². The summed E-state index contributed by atoms with van der Waals surface area (Å²) in [5.41, 5.74) is -0.209. The smallest absolute Gasteiger partial charge is 0.319 e. The van der Waals surface area contributed by atoms with Gasteiger partial charge in [0.25, 0.3) is 0 Å². The highest BCUT2D eigenvalue weighted by Crippen LogP contribution is 2.48. The van der Waals surface area contributed by atoms with Crippen LogP contribution in [0.3, 0.4) is 0 Å². The maximum absolute atomic E-state index is 12.7. The number of benzene rings is 1. The van der Waals surface area contributed by atoms with Gasteiger partial charge in [-0.15, -0.1) is 0 Å². The Hall–Kier alpha value is -1.12. The predicted molar refractivity (Wildman–Crippen MR) is 84.4 cm³/mol. The molecule has 1 aromatic rings. The highest BCUT2D eigenvalue weighted by Gasteiger charge is 2.32. The van der Waals surface area contributed by atoms with Crippen LogP contribution in [-0.4, -0.2) is 17.5 Å². The van der Waals surface area contributed by atoms with Gasteiger partial charge in [0.1, 0.15) is 11.5 Å². The summed E-state index contributed by atoms with van der Waals surface area (Å²) < 4.78 is 18.3. The molecule has 0 aliphatic carbocycles. The molecule has 2 atom stereocenters. The highest BCUT2D eigenvalue weighted by atomic mass is 31.2. The van der Waals surface area contributed by atoms with Gasteiger partial charge in [0, 0.05) is 0 Å². The Labute approximate surface area is 122 Å². The van der Waals surface area contributed by atoms with Crippen molar-refractivity contribution in [3.8, 4) is 5.75 Å². The molecule has 0 fully saturated rings. The van der Waals surface area contributed by atoms with Gasteiger partial charge in [0.15, 0.2) is 0 Å². The first kappa shape index (κ1) is 18.9. The van der Waals surface area contributed by atoms with Crippen LogP contribution in [0.5, 0.6) is 5.75 Å². The number of Topliss-reactive ketones (excluding diaryl/α,β-unsaturated/α-hetero) is 1. The lowest BCUT2D eigenvalue weighted by Gasteiger charge is -2.26. The van der Waals surface area contributed by atoms with Crippen LogP contribution in [0.1, 0.15) is 41.5 Å². The summed E-state index contributed by atoms with van der Waals surface area (Å²) in [6.45, 7) is 10.8. The van der Waals surface area contributed by atoms with Gasteiger partial charge in [0.2, 0.25) is 0 Å². The minimum atomic E-state index is -3.09. The predicted octanol–water partition coefficient (Wildman–Crippen LogP) is 4.26.